The molecule has 0 unspecified atom stereocenters. The third-order valence-corrected chi connectivity index (χ3v) is 6.85. The van der Waals surface area contributed by atoms with E-state index in [4.69, 9.17) is 16.3 Å². The second-order valence-electron chi connectivity index (χ2n) is 7.98. The minimum Gasteiger partial charge on any atom is -0.495 e. The molecule has 0 aliphatic carbocycles. The number of nitrogens with zero attached hydrogens (tertiary/aromatic N) is 2. The lowest BCUT2D eigenvalue weighted by Gasteiger charge is -2.29. The standard InChI is InChI=1S/C24H31ClFN3O5S/c1-5-27-24(31)17(2)28(16-18-8-10-19(26)11-9-18)23(30)7-6-14-29(35(4,32)33)20-12-13-22(34-3)21(25)15-20/h8-13,15,17H,5-7,14,16H2,1-4H3,(H,27,31)/t17-/m0/s1. The van der Waals surface area contributed by atoms with Crippen LogP contribution in [0.25, 0.3) is 0 Å². The Bertz CT molecular complexity index is 1130. The highest BCUT2D eigenvalue weighted by Gasteiger charge is 2.26. The molecule has 0 bridgehead atoms. The van der Waals surface area contributed by atoms with Crippen LogP contribution < -0.4 is 14.4 Å². The number of benzene rings is 2. The van der Waals surface area contributed by atoms with Crippen LogP contribution in [0, 0.1) is 5.82 Å². The summed E-state index contributed by atoms with van der Waals surface area (Å²) < 4.78 is 44.4. The number of nitrogens with one attached hydrogen (secondary N) is 1. The van der Waals surface area contributed by atoms with Gasteiger partial charge in [-0.25, -0.2) is 12.8 Å². The molecule has 2 rings (SSSR count). The summed E-state index contributed by atoms with van der Waals surface area (Å²) in [6.45, 7) is 3.96. The van der Waals surface area contributed by atoms with Crippen LogP contribution in [0.4, 0.5) is 10.1 Å². The lowest BCUT2D eigenvalue weighted by atomic mass is 10.1. The van der Waals surface area contributed by atoms with Gasteiger partial charge in [0.05, 0.1) is 24.1 Å². The molecule has 35 heavy (non-hydrogen) atoms. The number of ether oxygens (including phenoxy) is 1. The highest BCUT2D eigenvalue weighted by atomic mass is 35.5. The van der Waals surface area contributed by atoms with E-state index in [-0.39, 0.29) is 42.8 Å². The highest BCUT2D eigenvalue weighted by Crippen LogP contribution is 2.30. The van der Waals surface area contributed by atoms with E-state index in [0.717, 1.165) is 6.26 Å². The molecule has 2 amide bonds. The maximum atomic E-state index is 13.3. The van der Waals surface area contributed by atoms with Crippen LogP contribution in [0.1, 0.15) is 32.3 Å². The Morgan fingerprint density at radius 2 is 1.83 bits per heavy atom. The fourth-order valence-electron chi connectivity index (χ4n) is 3.51. The number of methoxy groups -OCH3 is 1. The van der Waals surface area contributed by atoms with Crippen molar-refractivity contribution in [1.29, 1.82) is 0 Å². The Kier molecular flexibility index (Phi) is 10.3. The number of sulfonamides is 1. The summed E-state index contributed by atoms with van der Waals surface area (Å²) in [6.07, 6.45) is 1.28. The van der Waals surface area contributed by atoms with E-state index in [1.54, 1.807) is 38.1 Å². The maximum absolute atomic E-state index is 13.3. The number of likely N-dealkylation sites (N-methyl/N-ethyl adjacent to an activating group) is 1. The van der Waals surface area contributed by atoms with Crippen molar-refractivity contribution in [3.8, 4) is 5.75 Å². The summed E-state index contributed by atoms with van der Waals surface area (Å²) in [4.78, 5) is 27.0. The predicted octanol–water partition coefficient (Wildman–Crippen LogP) is 3.59. The topological polar surface area (TPSA) is 96.0 Å². The third-order valence-electron chi connectivity index (χ3n) is 5.36. The maximum Gasteiger partial charge on any atom is 0.242 e. The second-order valence-corrected chi connectivity index (χ2v) is 10.3. The van der Waals surface area contributed by atoms with E-state index in [1.807, 2.05) is 0 Å². The van der Waals surface area contributed by atoms with Gasteiger partial charge >= 0.3 is 0 Å². The monoisotopic (exact) mass is 527 g/mol. The number of hydrogen-bond donors (Lipinski definition) is 1. The molecule has 0 radical (unpaired) electrons. The zero-order valence-corrected chi connectivity index (χ0v) is 21.8. The molecule has 192 valence electrons. The Balaban J connectivity index is 2.17. The normalized spacial score (nSPS) is 12.1. The Labute approximate surface area is 211 Å². The molecular formula is C24H31ClFN3O5S. The van der Waals surface area contributed by atoms with Gasteiger partial charge in [0.15, 0.2) is 0 Å². The first-order chi connectivity index (χ1) is 16.5. The summed E-state index contributed by atoms with van der Waals surface area (Å²) in [5.74, 6) is -0.624. The molecule has 0 aromatic heterocycles. The molecule has 0 heterocycles. The number of hydrogen-bond acceptors (Lipinski definition) is 5. The molecule has 2 aromatic rings. The van der Waals surface area contributed by atoms with Gasteiger partial charge in [-0.1, -0.05) is 23.7 Å². The van der Waals surface area contributed by atoms with Crippen molar-refractivity contribution in [3.63, 3.8) is 0 Å². The smallest absolute Gasteiger partial charge is 0.242 e. The Morgan fingerprint density at radius 3 is 2.37 bits per heavy atom. The minimum atomic E-state index is -3.65. The number of carbonyl (C=O) groups excluding carboxylic acids is 2. The van der Waals surface area contributed by atoms with Crippen LogP contribution in [-0.4, -0.2) is 57.6 Å². The van der Waals surface area contributed by atoms with E-state index < -0.39 is 21.9 Å². The van der Waals surface area contributed by atoms with Gasteiger partial charge in [-0.3, -0.25) is 13.9 Å². The molecule has 0 saturated carbocycles. The van der Waals surface area contributed by atoms with Crippen LogP contribution in [-0.2, 0) is 26.2 Å². The Morgan fingerprint density at radius 1 is 1.17 bits per heavy atom. The molecule has 0 aliphatic rings. The lowest BCUT2D eigenvalue weighted by Crippen LogP contribution is -2.47. The molecule has 1 atom stereocenters. The summed E-state index contributed by atoms with van der Waals surface area (Å²) in [7, 11) is -2.19. The van der Waals surface area contributed by atoms with Gasteiger partial charge in [-0.15, -0.1) is 0 Å². The molecule has 0 fully saturated rings. The Hall–Kier alpha value is -2.85. The van der Waals surface area contributed by atoms with Crippen LogP contribution in [0.15, 0.2) is 42.5 Å². The fourth-order valence-corrected chi connectivity index (χ4v) is 4.71. The van der Waals surface area contributed by atoms with Crippen molar-refractivity contribution < 1.29 is 27.1 Å². The number of halogens is 2. The van der Waals surface area contributed by atoms with Crippen molar-refractivity contribution in [2.24, 2.45) is 0 Å². The zero-order chi connectivity index (χ0) is 26.2. The number of amides is 2. The summed E-state index contributed by atoms with van der Waals surface area (Å²) in [5, 5.41) is 2.96. The van der Waals surface area contributed by atoms with Crippen molar-refractivity contribution in [1.82, 2.24) is 10.2 Å². The quantitative estimate of drug-likeness (QED) is 0.455. The van der Waals surface area contributed by atoms with Crippen molar-refractivity contribution in [2.45, 2.75) is 39.3 Å². The van der Waals surface area contributed by atoms with Gasteiger partial charge in [0.1, 0.15) is 17.6 Å². The van der Waals surface area contributed by atoms with Gasteiger partial charge in [-0.2, -0.15) is 0 Å². The molecule has 0 saturated heterocycles. The summed E-state index contributed by atoms with van der Waals surface area (Å²) >= 11 is 6.16. The van der Waals surface area contributed by atoms with Crippen LogP contribution in [0.2, 0.25) is 5.02 Å². The van der Waals surface area contributed by atoms with Crippen molar-refractivity contribution in [2.75, 3.05) is 30.8 Å². The minimum absolute atomic E-state index is 0.000840. The van der Waals surface area contributed by atoms with Crippen LogP contribution >= 0.6 is 11.6 Å². The number of anilines is 1. The predicted molar refractivity (Wildman–Crippen MR) is 135 cm³/mol. The third kappa shape index (κ3) is 8.10. The molecule has 1 N–H and O–H groups in total. The SMILES string of the molecule is CCNC(=O)[C@H](C)N(Cc1ccc(F)cc1)C(=O)CCCN(c1ccc(OC)c(Cl)c1)S(C)(=O)=O. The average Bonchev–Trinajstić information content (AvgIpc) is 2.80. The van der Waals surface area contributed by atoms with E-state index >= 15 is 0 Å². The molecule has 2 aromatic carbocycles. The number of rotatable bonds is 12. The first-order valence-corrected chi connectivity index (χ1v) is 13.3. The van der Waals surface area contributed by atoms with Gasteiger partial charge in [0.2, 0.25) is 21.8 Å². The first-order valence-electron chi connectivity index (χ1n) is 11.1. The molecule has 0 aliphatic heterocycles. The number of carbonyl (C=O) groups is 2. The highest BCUT2D eigenvalue weighted by molar-refractivity contribution is 7.92. The van der Waals surface area contributed by atoms with Crippen molar-refractivity contribution in [3.05, 3.63) is 58.9 Å². The van der Waals surface area contributed by atoms with Gasteiger partial charge in [0, 0.05) is 26.1 Å². The molecule has 8 nitrogen and oxygen atoms in total. The summed E-state index contributed by atoms with van der Waals surface area (Å²) in [5.41, 5.74) is 1.02. The zero-order valence-electron chi connectivity index (χ0n) is 20.3. The molecule has 0 spiro atoms. The van der Waals surface area contributed by atoms with Gasteiger partial charge in [-0.05, 0) is 56.2 Å². The van der Waals surface area contributed by atoms with Crippen LogP contribution in [0.5, 0.6) is 5.75 Å². The van der Waals surface area contributed by atoms with Crippen molar-refractivity contribution >= 4 is 39.1 Å². The van der Waals surface area contributed by atoms with E-state index in [1.165, 1.54) is 34.5 Å². The van der Waals surface area contributed by atoms with E-state index in [9.17, 15) is 22.4 Å². The summed E-state index contributed by atoms with van der Waals surface area (Å²) in [6, 6.07) is 9.56. The van der Waals surface area contributed by atoms with Gasteiger partial charge in [0.25, 0.3) is 0 Å². The van der Waals surface area contributed by atoms with Gasteiger partial charge < -0.3 is 15.0 Å². The first kappa shape index (κ1) is 28.4. The molecule has 11 heteroatoms. The molecular weight excluding hydrogens is 497 g/mol. The van der Waals surface area contributed by atoms with E-state index in [0.29, 0.717) is 23.5 Å². The average molecular weight is 528 g/mol. The lowest BCUT2D eigenvalue weighted by molar-refractivity contribution is -0.140. The van der Waals surface area contributed by atoms with Crippen LogP contribution in [0.3, 0.4) is 0 Å². The fraction of sp³-hybridized carbons (Fsp3) is 0.417. The van der Waals surface area contributed by atoms with E-state index in [2.05, 4.69) is 5.32 Å². The second kappa shape index (κ2) is 12.7. The largest absolute Gasteiger partial charge is 0.495 e.